The van der Waals surface area contributed by atoms with E-state index in [0.717, 1.165) is 0 Å². The molecule has 19 heavy (non-hydrogen) atoms. The van der Waals surface area contributed by atoms with Crippen LogP contribution in [-0.4, -0.2) is 51.2 Å². The van der Waals surface area contributed by atoms with Crippen LogP contribution in [0.5, 0.6) is 0 Å². The second kappa shape index (κ2) is 5.47. The summed E-state index contributed by atoms with van der Waals surface area (Å²) >= 11 is 0. The molecule has 2 heterocycles. The molecule has 100 valence electrons. The fraction of sp³-hybridized carbons (Fsp3) is 0.333. The van der Waals surface area contributed by atoms with Gasteiger partial charge in [-0.05, 0) is 13.0 Å². The van der Waals surface area contributed by atoms with Crippen LogP contribution < -0.4 is 0 Å². The Labute approximate surface area is 110 Å². The molecule has 0 atom stereocenters. The van der Waals surface area contributed by atoms with Gasteiger partial charge in [0.2, 0.25) is 0 Å². The molecule has 0 bridgehead atoms. The summed E-state index contributed by atoms with van der Waals surface area (Å²) in [4.78, 5) is 21.8. The highest BCUT2D eigenvalue weighted by Crippen LogP contribution is 2.12. The molecular weight excluding hydrogens is 246 g/mol. The van der Waals surface area contributed by atoms with Crippen molar-refractivity contribution in [3.8, 4) is 0 Å². The first kappa shape index (κ1) is 13.0. The van der Waals surface area contributed by atoms with E-state index in [2.05, 4.69) is 15.1 Å². The highest BCUT2D eigenvalue weighted by atomic mass is 16.5. The molecule has 0 fully saturated rings. The highest BCUT2D eigenvalue weighted by molar-refractivity contribution is 5.92. The van der Waals surface area contributed by atoms with Crippen LogP contribution in [0.1, 0.15) is 23.0 Å². The zero-order valence-electron chi connectivity index (χ0n) is 11.1. The zero-order valence-corrected chi connectivity index (χ0v) is 11.1. The minimum atomic E-state index is -0.425. The molecule has 0 saturated heterocycles. The number of carbonyl (C=O) groups excluding carboxylic acids is 1. The quantitative estimate of drug-likeness (QED) is 0.759. The second-order valence-corrected chi connectivity index (χ2v) is 4.03. The van der Waals surface area contributed by atoms with Gasteiger partial charge >= 0.3 is 5.97 Å². The standard InChI is InChI=1S/C12H15N5O2/c1-4-19-11(18)9-7-13-12-14-8-15-17(12)10(9)5-6-16(2)3/h5-8H,4H2,1-3H3. The average Bonchev–Trinajstić information content (AvgIpc) is 2.84. The predicted octanol–water partition coefficient (Wildman–Crippen LogP) is 0.833. The Kier molecular flexibility index (Phi) is 3.74. The monoisotopic (exact) mass is 261 g/mol. The van der Waals surface area contributed by atoms with Crippen LogP contribution in [0.3, 0.4) is 0 Å². The molecule has 0 saturated carbocycles. The van der Waals surface area contributed by atoms with Gasteiger partial charge in [0.1, 0.15) is 11.9 Å². The second-order valence-electron chi connectivity index (χ2n) is 4.03. The SMILES string of the molecule is CCOC(=O)c1cnc2ncnn2c1C=CN(C)C. The van der Waals surface area contributed by atoms with Crippen LogP contribution in [0, 0.1) is 0 Å². The van der Waals surface area contributed by atoms with Gasteiger partial charge in [-0.25, -0.2) is 9.78 Å². The number of ether oxygens (including phenoxy) is 1. The maximum Gasteiger partial charge on any atom is 0.341 e. The van der Waals surface area contributed by atoms with E-state index in [1.165, 1.54) is 17.0 Å². The van der Waals surface area contributed by atoms with E-state index >= 15 is 0 Å². The van der Waals surface area contributed by atoms with E-state index in [-0.39, 0.29) is 0 Å². The summed E-state index contributed by atoms with van der Waals surface area (Å²) in [6.45, 7) is 2.07. The van der Waals surface area contributed by atoms with Crippen molar-refractivity contribution >= 4 is 17.8 Å². The van der Waals surface area contributed by atoms with Gasteiger partial charge in [0.15, 0.2) is 0 Å². The Balaban J connectivity index is 2.55. The molecular formula is C12H15N5O2. The van der Waals surface area contributed by atoms with Crippen molar-refractivity contribution in [1.82, 2.24) is 24.5 Å². The summed E-state index contributed by atoms with van der Waals surface area (Å²) in [5.74, 6) is 0.0114. The van der Waals surface area contributed by atoms with Crippen LogP contribution in [0.2, 0.25) is 0 Å². The minimum absolute atomic E-state index is 0.311. The van der Waals surface area contributed by atoms with Crippen molar-refractivity contribution < 1.29 is 9.53 Å². The van der Waals surface area contributed by atoms with Crippen LogP contribution in [-0.2, 0) is 4.74 Å². The lowest BCUT2D eigenvalue weighted by molar-refractivity contribution is 0.0525. The Morgan fingerprint density at radius 2 is 2.26 bits per heavy atom. The molecule has 0 amide bonds. The van der Waals surface area contributed by atoms with Crippen LogP contribution in [0.4, 0.5) is 0 Å². The number of rotatable bonds is 4. The van der Waals surface area contributed by atoms with E-state index in [1.54, 1.807) is 13.0 Å². The van der Waals surface area contributed by atoms with E-state index < -0.39 is 5.97 Å². The van der Waals surface area contributed by atoms with E-state index in [9.17, 15) is 4.79 Å². The number of carbonyl (C=O) groups is 1. The lowest BCUT2D eigenvalue weighted by Crippen LogP contribution is -2.12. The third-order valence-electron chi connectivity index (χ3n) is 2.37. The molecule has 2 aromatic heterocycles. The minimum Gasteiger partial charge on any atom is -0.462 e. The van der Waals surface area contributed by atoms with Gasteiger partial charge < -0.3 is 9.64 Å². The van der Waals surface area contributed by atoms with E-state index in [1.807, 2.05) is 25.2 Å². The van der Waals surface area contributed by atoms with Crippen molar-refractivity contribution in [3.63, 3.8) is 0 Å². The maximum atomic E-state index is 11.9. The number of esters is 1. The molecule has 0 N–H and O–H groups in total. The molecule has 0 spiro atoms. The van der Waals surface area contributed by atoms with Crippen molar-refractivity contribution in [3.05, 3.63) is 30.0 Å². The lowest BCUT2D eigenvalue weighted by atomic mass is 10.2. The number of fused-ring (bicyclic) bond motifs is 1. The first-order valence-corrected chi connectivity index (χ1v) is 5.84. The number of aromatic nitrogens is 4. The Morgan fingerprint density at radius 3 is 2.95 bits per heavy atom. The summed E-state index contributed by atoms with van der Waals surface area (Å²) in [6.07, 6.45) is 6.44. The molecule has 0 aliphatic rings. The van der Waals surface area contributed by atoms with Crippen molar-refractivity contribution in [2.75, 3.05) is 20.7 Å². The highest BCUT2D eigenvalue weighted by Gasteiger charge is 2.15. The fourth-order valence-electron chi connectivity index (χ4n) is 1.54. The molecule has 7 heteroatoms. The van der Waals surface area contributed by atoms with Gasteiger partial charge in [-0.3, -0.25) is 0 Å². The van der Waals surface area contributed by atoms with Crippen LogP contribution in [0.15, 0.2) is 18.7 Å². The van der Waals surface area contributed by atoms with Gasteiger partial charge in [0.25, 0.3) is 5.78 Å². The Bertz CT molecular complexity index is 618. The number of nitrogens with zero attached hydrogens (tertiary/aromatic N) is 5. The first-order valence-electron chi connectivity index (χ1n) is 5.84. The Morgan fingerprint density at radius 1 is 1.47 bits per heavy atom. The van der Waals surface area contributed by atoms with Gasteiger partial charge in [-0.15, -0.1) is 0 Å². The third kappa shape index (κ3) is 2.70. The maximum absolute atomic E-state index is 11.9. The first-order chi connectivity index (χ1) is 9.13. The summed E-state index contributed by atoms with van der Waals surface area (Å²) in [5.41, 5.74) is 0.951. The summed E-state index contributed by atoms with van der Waals surface area (Å²) in [6, 6.07) is 0. The molecule has 7 nitrogen and oxygen atoms in total. The molecule has 0 aliphatic heterocycles. The van der Waals surface area contributed by atoms with Gasteiger partial charge in [0, 0.05) is 26.5 Å². The summed E-state index contributed by atoms with van der Waals surface area (Å²) < 4.78 is 6.52. The van der Waals surface area contributed by atoms with Crippen molar-refractivity contribution in [1.29, 1.82) is 0 Å². The van der Waals surface area contributed by atoms with Gasteiger partial charge in [-0.2, -0.15) is 14.6 Å². The molecule has 2 aromatic rings. The smallest absolute Gasteiger partial charge is 0.341 e. The fourth-order valence-corrected chi connectivity index (χ4v) is 1.54. The summed E-state index contributed by atoms with van der Waals surface area (Å²) in [5, 5.41) is 4.07. The van der Waals surface area contributed by atoms with E-state index in [0.29, 0.717) is 23.6 Å². The number of hydrogen-bond donors (Lipinski definition) is 0. The third-order valence-corrected chi connectivity index (χ3v) is 2.37. The van der Waals surface area contributed by atoms with Gasteiger partial charge in [0.05, 0.1) is 12.3 Å². The molecule has 2 rings (SSSR count). The normalized spacial score (nSPS) is 11.1. The number of hydrogen-bond acceptors (Lipinski definition) is 6. The summed E-state index contributed by atoms with van der Waals surface area (Å²) in [7, 11) is 3.78. The van der Waals surface area contributed by atoms with Crippen molar-refractivity contribution in [2.45, 2.75) is 6.92 Å². The molecule has 0 radical (unpaired) electrons. The molecule has 0 aliphatic carbocycles. The topological polar surface area (TPSA) is 72.6 Å². The van der Waals surface area contributed by atoms with E-state index in [4.69, 9.17) is 4.74 Å². The Hall–Kier alpha value is -2.44. The van der Waals surface area contributed by atoms with Crippen LogP contribution in [0.25, 0.3) is 11.9 Å². The predicted molar refractivity (Wildman–Crippen MR) is 69.5 cm³/mol. The lowest BCUT2D eigenvalue weighted by Gasteiger charge is -2.08. The van der Waals surface area contributed by atoms with Crippen molar-refractivity contribution in [2.24, 2.45) is 0 Å². The molecule has 0 aromatic carbocycles. The zero-order chi connectivity index (χ0) is 13.8. The van der Waals surface area contributed by atoms with Crippen LogP contribution >= 0.6 is 0 Å². The van der Waals surface area contributed by atoms with Gasteiger partial charge in [-0.1, -0.05) is 0 Å². The largest absolute Gasteiger partial charge is 0.462 e. The molecule has 0 unspecified atom stereocenters. The average molecular weight is 261 g/mol.